The standard InChI is InChI=1S/C20H17NO4S/c1-13-5-3-4-6-16(13)12-21-18(22)17(26-20(21)24)11-14-7-9-15(10-8-14)19(23)25-2/h3-11H,12H2,1-2H3/b17-11-. The Kier molecular flexibility index (Phi) is 5.23. The number of carbonyl (C=O) groups is 3. The smallest absolute Gasteiger partial charge is 0.337 e. The average Bonchev–Trinajstić information content (AvgIpc) is 2.91. The SMILES string of the molecule is COC(=O)c1ccc(/C=C2\SC(=O)N(Cc3ccccc3C)C2=O)cc1. The van der Waals surface area contributed by atoms with Gasteiger partial charge >= 0.3 is 5.97 Å². The molecule has 1 fully saturated rings. The highest BCUT2D eigenvalue weighted by atomic mass is 32.2. The van der Waals surface area contributed by atoms with E-state index in [1.54, 1.807) is 30.3 Å². The number of methoxy groups -OCH3 is 1. The van der Waals surface area contributed by atoms with Gasteiger partial charge in [0.1, 0.15) is 0 Å². The first-order chi connectivity index (χ1) is 12.5. The molecule has 2 aromatic carbocycles. The number of ether oxygens (including phenoxy) is 1. The minimum Gasteiger partial charge on any atom is -0.465 e. The Morgan fingerprint density at radius 3 is 2.46 bits per heavy atom. The van der Waals surface area contributed by atoms with Crippen molar-refractivity contribution < 1.29 is 19.1 Å². The molecule has 26 heavy (non-hydrogen) atoms. The van der Waals surface area contributed by atoms with Gasteiger partial charge in [0.25, 0.3) is 11.1 Å². The zero-order valence-corrected chi connectivity index (χ0v) is 15.2. The summed E-state index contributed by atoms with van der Waals surface area (Å²) >= 11 is 0.924. The van der Waals surface area contributed by atoms with Gasteiger partial charge in [0.05, 0.1) is 24.1 Å². The zero-order chi connectivity index (χ0) is 18.7. The lowest BCUT2D eigenvalue weighted by Gasteiger charge is -2.14. The molecule has 0 N–H and O–H groups in total. The average molecular weight is 367 g/mol. The Labute approximate surface area is 155 Å². The van der Waals surface area contributed by atoms with Crippen molar-refractivity contribution in [2.45, 2.75) is 13.5 Å². The van der Waals surface area contributed by atoms with Crippen LogP contribution in [0.25, 0.3) is 6.08 Å². The minimum atomic E-state index is -0.421. The molecule has 0 radical (unpaired) electrons. The van der Waals surface area contributed by atoms with Crippen LogP contribution in [-0.4, -0.2) is 29.1 Å². The normalized spacial score (nSPS) is 15.6. The zero-order valence-electron chi connectivity index (χ0n) is 14.4. The van der Waals surface area contributed by atoms with Crippen molar-refractivity contribution in [3.05, 3.63) is 75.7 Å². The van der Waals surface area contributed by atoms with Gasteiger partial charge in [-0.15, -0.1) is 0 Å². The van der Waals surface area contributed by atoms with E-state index in [1.165, 1.54) is 12.0 Å². The fourth-order valence-corrected chi connectivity index (χ4v) is 3.42. The Balaban J connectivity index is 1.79. The number of hydrogen-bond donors (Lipinski definition) is 0. The summed E-state index contributed by atoms with van der Waals surface area (Å²) in [6.45, 7) is 2.21. The molecule has 2 aromatic rings. The van der Waals surface area contributed by atoms with Crippen molar-refractivity contribution in [1.82, 2.24) is 4.90 Å². The van der Waals surface area contributed by atoms with Crippen LogP contribution in [0.2, 0.25) is 0 Å². The van der Waals surface area contributed by atoms with Gasteiger partial charge in [0.15, 0.2) is 0 Å². The lowest BCUT2D eigenvalue weighted by molar-refractivity contribution is -0.123. The van der Waals surface area contributed by atoms with E-state index >= 15 is 0 Å². The van der Waals surface area contributed by atoms with Crippen LogP contribution in [-0.2, 0) is 16.1 Å². The lowest BCUT2D eigenvalue weighted by Crippen LogP contribution is -2.27. The molecule has 132 valence electrons. The highest BCUT2D eigenvalue weighted by molar-refractivity contribution is 8.18. The predicted octanol–water partition coefficient (Wildman–Crippen LogP) is 4.02. The van der Waals surface area contributed by atoms with E-state index in [4.69, 9.17) is 0 Å². The summed E-state index contributed by atoms with van der Waals surface area (Å²) in [4.78, 5) is 37.9. The topological polar surface area (TPSA) is 63.7 Å². The second-order valence-corrected chi connectivity index (χ2v) is 6.80. The van der Waals surface area contributed by atoms with Gasteiger partial charge in [0, 0.05) is 0 Å². The minimum absolute atomic E-state index is 0.260. The lowest BCUT2D eigenvalue weighted by atomic mass is 10.1. The third-order valence-electron chi connectivity index (χ3n) is 4.09. The molecule has 1 aliphatic rings. The summed E-state index contributed by atoms with van der Waals surface area (Å²) in [7, 11) is 1.32. The van der Waals surface area contributed by atoms with Gasteiger partial charge in [0.2, 0.25) is 0 Å². The number of benzene rings is 2. The van der Waals surface area contributed by atoms with Crippen LogP contribution in [0.15, 0.2) is 53.4 Å². The van der Waals surface area contributed by atoms with E-state index in [0.29, 0.717) is 10.5 Å². The third kappa shape index (κ3) is 3.70. The monoisotopic (exact) mass is 367 g/mol. The van der Waals surface area contributed by atoms with E-state index in [9.17, 15) is 14.4 Å². The molecule has 0 atom stereocenters. The van der Waals surface area contributed by atoms with Crippen molar-refractivity contribution in [2.75, 3.05) is 7.11 Å². The molecule has 2 amide bonds. The number of rotatable bonds is 4. The Bertz CT molecular complexity index is 902. The number of hydrogen-bond acceptors (Lipinski definition) is 5. The number of thioether (sulfide) groups is 1. The molecule has 0 bridgehead atoms. The maximum atomic E-state index is 12.6. The summed E-state index contributed by atoms with van der Waals surface area (Å²) in [5, 5.41) is -0.282. The summed E-state index contributed by atoms with van der Waals surface area (Å²) in [5.74, 6) is -0.726. The van der Waals surface area contributed by atoms with Crippen LogP contribution in [0.1, 0.15) is 27.0 Å². The van der Waals surface area contributed by atoms with Crippen molar-refractivity contribution in [3.63, 3.8) is 0 Å². The summed E-state index contributed by atoms with van der Waals surface area (Å²) < 4.78 is 4.66. The molecule has 3 rings (SSSR count). The summed E-state index contributed by atoms with van der Waals surface area (Å²) in [5.41, 5.74) is 3.14. The van der Waals surface area contributed by atoms with Crippen molar-refractivity contribution in [3.8, 4) is 0 Å². The Morgan fingerprint density at radius 1 is 1.12 bits per heavy atom. The number of aryl methyl sites for hydroxylation is 1. The second-order valence-electron chi connectivity index (χ2n) is 5.81. The molecule has 0 unspecified atom stereocenters. The van der Waals surface area contributed by atoms with E-state index < -0.39 is 5.97 Å². The molecule has 5 nitrogen and oxygen atoms in total. The molecule has 0 spiro atoms. The Hall–Kier alpha value is -2.86. The van der Waals surface area contributed by atoms with Crippen LogP contribution >= 0.6 is 11.8 Å². The highest BCUT2D eigenvalue weighted by Crippen LogP contribution is 2.33. The van der Waals surface area contributed by atoms with Gasteiger partial charge in [-0.2, -0.15) is 0 Å². The van der Waals surface area contributed by atoms with E-state index in [1.807, 2.05) is 31.2 Å². The van der Waals surface area contributed by atoms with E-state index in [-0.39, 0.29) is 17.7 Å². The molecule has 1 heterocycles. The molecule has 1 aliphatic heterocycles. The van der Waals surface area contributed by atoms with Crippen molar-refractivity contribution >= 4 is 35.0 Å². The summed E-state index contributed by atoms with van der Waals surface area (Å²) in [6, 6.07) is 14.3. The number of imide groups is 1. The van der Waals surface area contributed by atoms with Crippen LogP contribution < -0.4 is 0 Å². The van der Waals surface area contributed by atoms with Crippen LogP contribution in [0, 0.1) is 6.92 Å². The van der Waals surface area contributed by atoms with E-state index in [2.05, 4.69) is 4.74 Å². The fourth-order valence-electron chi connectivity index (χ4n) is 2.58. The third-order valence-corrected chi connectivity index (χ3v) is 5.00. The largest absolute Gasteiger partial charge is 0.465 e. The number of carbonyl (C=O) groups excluding carboxylic acids is 3. The molecular weight excluding hydrogens is 350 g/mol. The maximum Gasteiger partial charge on any atom is 0.337 e. The fraction of sp³-hybridized carbons (Fsp3) is 0.150. The van der Waals surface area contributed by atoms with Gasteiger partial charge in [-0.3, -0.25) is 14.5 Å². The van der Waals surface area contributed by atoms with Crippen LogP contribution in [0.5, 0.6) is 0 Å². The first-order valence-corrected chi connectivity index (χ1v) is 8.79. The number of nitrogens with zero attached hydrogens (tertiary/aromatic N) is 1. The Morgan fingerprint density at radius 2 is 1.81 bits per heavy atom. The van der Waals surface area contributed by atoms with Crippen molar-refractivity contribution in [1.29, 1.82) is 0 Å². The molecule has 0 aromatic heterocycles. The quantitative estimate of drug-likeness (QED) is 0.603. The molecule has 0 aliphatic carbocycles. The van der Waals surface area contributed by atoms with Crippen molar-refractivity contribution in [2.24, 2.45) is 0 Å². The molecular formula is C20H17NO4S. The predicted molar refractivity (Wildman–Crippen MR) is 100 cm³/mol. The van der Waals surface area contributed by atoms with Crippen LogP contribution in [0.4, 0.5) is 4.79 Å². The molecule has 6 heteroatoms. The van der Waals surface area contributed by atoms with Gasteiger partial charge < -0.3 is 4.74 Å². The maximum absolute atomic E-state index is 12.6. The van der Waals surface area contributed by atoms with Gasteiger partial charge in [-0.05, 0) is 53.6 Å². The second kappa shape index (κ2) is 7.58. The summed E-state index contributed by atoms with van der Waals surface area (Å²) in [6.07, 6.45) is 1.66. The number of amides is 2. The van der Waals surface area contributed by atoms with Crippen LogP contribution in [0.3, 0.4) is 0 Å². The first kappa shape index (κ1) is 17.9. The highest BCUT2D eigenvalue weighted by Gasteiger charge is 2.35. The molecule has 1 saturated heterocycles. The number of esters is 1. The van der Waals surface area contributed by atoms with Gasteiger partial charge in [-0.25, -0.2) is 4.79 Å². The first-order valence-electron chi connectivity index (χ1n) is 7.98. The van der Waals surface area contributed by atoms with Gasteiger partial charge in [-0.1, -0.05) is 36.4 Å². The molecule has 0 saturated carbocycles. The van der Waals surface area contributed by atoms with E-state index in [0.717, 1.165) is 28.5 Å².